The van der Waals surface area contributed by atoms with Crippen molar-refractivity contribution in [1.29, 1.82) is 0 Å². The van der Waals surface area contributed by atoms with Crippen LogP contribution in [-0.2, 0) is 4.74 Å². The van der Waals surface area contributed by atoms with Crippen LogP contribution in [0.15, 0.2) is 18.3 Å². The number of carbonyl (C=O) groups excluding carboxylic acids is 1. The molecule has 3 N–H and O–H groups in total. The maximum atomic E-state index is 12.3. The molecule has 18 heavy (non-hydrogen) atoms. The number of hydrogen-bond acceptors (Lipinski definition) is 5. The second-order valence-corrected chi connectivity index (χ2v) is 3.97. The van der Waals surface area contributed by atoms with Crippen LogP contribution in [0.2, 0.25) is 0 Å². The Balaban J connectivity index is 2.88. The fraction of sp³-hybridized carbons (Fsp3) is 0.500. The van der Waals surface area contributed by atoms with E-state index in [1.54, 1.807) is 30.3 Å². The van der Waals surface area contributed by atoms with Gasteiger partial charge in [-0.1, -0.05) is 0 Å². The first-order chi connectivity index (χ1) is 8.63. The topological polar surface area (TPSA) is 80.5 Å². The minimum atomic E-state index is -0.0547. The van der Waals surface area contributed by atoms with E-state index >= 15 is 0 Å². The number of aromatic nitrogens is 1. The van der Waals surface area contributed by atoms with E-state index in [-0.39, 0.29) is 11.9 Å². The third-order valence-corrected chi connectivity index (χ3v) is 2.70. The number of hydrazine groups is 1. The Morgan fingerprint density at radius 1 is 1.67 bits per heavy atom. The Kier molecular flexibility index (Phi) is 5.54. The zero-order valence-electron chi connectivity index (χ0n) is 11.0. The number of carbonyl (C=O) groups is 1. The average Bonchev–Trinajstić information content (AvgIpc) is 2.40. The first kappa shape index (κ1) is 14.4. The van der Waals surface area contributed by atoms with Gasteiger partial charge in [-0.3, -0.25) is 4.79 Å². The fourth-order valence-corrected chi connectivity index (χ4v) is 1.79. The number of nitrogens with one attached hydrogen (secondary N) is 1. The Morgan fingerprint density at radius 3 is 2.94 bits per heavy atom. The molecule has 1 aromatic heterocycles. The van der Waals surface area contributed by atoms with Crippen molar-refractivity contribution >= 4 is 11.7 Å². The van der Waals surface area contributed by atoms with E-state index in [2.05, 4.69) is 10.4 Å². The van der Waals surface area contributed by atoms with Gasteiger partial charge in [0, 0.05) is 25.4 Å². The third-order valence-electron chi connectivity index (χ3n) is 2.70. The van der Waals surface area contributed by atoms with Crippen LogP contribution in [0.5, 0.6) is 0 Å². The summed E-state index contributed by atoms with van der Waals surface area (Å²) in [5, 5.41) is 0. The lowest BCUT2D eigenvalue weighted by Gasteiger charge is -2.27. The van der Waals surface area contributed by atoms with E-state index in [1.807, 2.05) is 13.8 Å². The smallest absolute Gasteiger partial charge is 0.254 e. The van der Waals surface area contributed by atoms with Gasteiger partial charge >= 0.3 is 0 Å². The summed E-state index contributed by atoms with van der Waals surface area (Å²) in [5.41, 5.74) is 2.99. The second-order valence-electron chi connectivity index (χ2n) is 3.97. The summed E-state index contributed by atoms with van der Waals surface area (Å²) >= 11 is 0. The van der Waals surface area contributed by atoms with Crippen LogP contribution < -0.4 is 11.3 Å². The van der Waals surface area contributed by atoms with Crippen molar-refractivity contribution in [3.8, 4) is 0 Å². The molecule has 6 nitrogen and oxygen atoms in total. The lowest BCUT2D eigenvalue weighted by molar-refractivity contribution is 0.0579. The van der Waals surface area contributed by atoms with E-state index in [1.165, 1.54) is 0 Å². The van der Waals surface area contributed by atoms with Gasteiger partial charge in [0.2, 0.25) is 0 Å². The molecular weight excluding hydrogens is 232 g/mol. The van der Waals surface area contributed by atoms with Gasteiger partial charge in [0.05, 0.1) is 12.6 Å². The predicted molar refractivity (Wildman–Crippen MR) is 70.1 cm³/mol. The monoisotopic (exact) mass is 252 g/mol. The molecule has 0 spiro atoms. The molecule has 0 fully saturated rings. The number of nitrogens with two attached hydrogens (primary N) is 1. The Hall–Kier alpha value is -1.66. The third kappa shape index (κ3) is 3.41. The molecule has 6 heteroatoms. The van der Waals surface area contributed by atoms with Crippen molar-refractivity contribution in [2.75, 3.05) is 25.7 Å². The second kappa shape index (κ2) is 6.93. The van der Waals surface area contributed by atoms with Crippen molar-refractivity contribution in [3.63, 3.8) is 0 Å². The summed E-state index contributed by atoms with van der Waals surface area (Å²) in [5.74, 6) is 5.69. The molecule has 1 amide bonds. The van der Waals surface area contributed by atoms with E-state index in [4.69, 9.17) is 10.6 Å². The van der Waals surface area contributed by atoms with Gasteiger partial charge in [0.1, 0.15) is 5.82 Å². The van der Waals surface area contributed by atoms with Gasteiger partial charge in [-0.05, 0) is 26.0 Å². The summed E-state index contributed by atoms with van der Waals surface area (Å²) in [6.45, 7) is 5.02. The SMILES string of the molecule is CCN(C(=O)c1ccnc(NN)c1)C(C)COC. The molecule has 0 aliphatic carbocycles. The maximum Gasteiger partial charge on any atom is 0.254 e. The minimum Gasteiger partial charge on any atom is -0.383 e. The van der Waals surface area contributed by atoms with E-state index < -0.39 is 0 Å². The summed E-state index contributed by atoms with van der Waals surface area (Å²) < 4.78 is 5.08. The van der Waals surface area contributed by atoms with Gasteiger partial charge in [-0.25, -0.2) is 10.8 Å². The zero-order valence-corrected chi connectivity index (χ0v) is 11.0. The van der Waals surface area contributed by atoms with E-state index in [0.717, 1.165) is 0 Å². The molecule has 1 unspecified atom stereocenters. The molecule has 0 radical (unpaired) electrons. The number of pyridine rings is 1. The average molecular weight is 252 g/mol. The molecule has 100 valence electrons. The predicted octanol–water partition coefficient (Wildman–Crippen LogP) is 0.864. The molecule has 0 saturated carbocycles. The highest BCUT2D eigenvalue weighted by Crippen LogP contribution is 2.11. The largest absolute Gasteiger partial charge is 0.383 e. The molecule has 1 aromatic rings. The van der Waals surface area contributed by atoms with Crippen LogP contribution in [0, 0.1) is 0 Å². The number of nitrogen functional groups attached to an aromatic ring is 1. The zero-order chi connectivity index (χ0) is 13.5. The minimum absolute atomic E-state index is 0.0231. The Morgan fingerprint density at radius 2 is 2.39 bits per heavy atom. The summed E-state index contributed by atoms with van der Waals surface area (Å²) in [6.07, 6.45) is 1.55. The first-order valence-corrected chi connectivity index (χ1v) is 5.86. The molecule has 1 atom stereocenters. The number of likely N-dealkylation sites (N-methyl/N-ethyl adjacent to an activating group) is 1. The Labute approximate surface area is 107 Å². The lowest BCUT2D eigenvalue weighted by atomic mass is 10.2. The summed E-state index contributed by atoms with van der Waals surface area (Å²) in [6, 6.07) is 3.32. The number of nitrogens with zero attached hydrogens (tertiary/aromatic N) is 2. The molecular formula is C12H20N4O2. The highest BCUT2D eigenvalue weighted by Gasteiger charge is 2.20. The van der Waals surface area contributed by atoms with E-state index in [9.17, 15) is 4.79 Å². The van der Waals surface area contributed by atoms with Crippen molar-refractivity contribution in [2.45, 2.75) is 19.9 Å². The molecule has 0 bridgehead atoms. The first-order valence-electron chi connectivity index (χ1n) is 5.86. The fourth-order valence-electron chi connectivity index (χ4n) is 1.79. The maximum absolute atomic E-state index is 12.3. The van der Waals surface area contributed by atoms with Crippen LogP contribution in [0.3, 0.4) is 0 Å². The van der Waals surface area contributed by atoms with Gasteiger partial charge in [-0.2, -0.15) is 0 Å². The normalized spacial score (nSPS) is 12.0. The Bertz CT molecular complexity index is 397. The van der Waals surface area contributed by atoms with Crippen LogP contribution in [0.4, 0.5) is 5.82 Å². The number of ether oxygens (including phenoxy) is 1. The standard InChI is InChI=1S/C12H20N4O2/c1-4-16(9(2)8-18-3)12(17)10-5-6-14-11(7-10)15-13/h5-7,9H,4,8,13H2,1-3H3,(H,14,15). The molecule has 0 aliphatic heterocycles. The molecule has 1 rings (SSSR count). The number of methoxy groups -OCH3 is 1. The van der Waals surface area contributed by atoms with Crippen molar-refractivity contribution in [2.24, 2.45) is 5.84 Å². The van der Waals surface area contributed by atoms with Gasteiger partial charge in [0.15, 0.2) is 0 Å². The number of hydrogen-bond donors (Lipinski definition) is 2. The number of anilines is 1. The number of rotatable bonds is 6. The van der Waals surface area contributed by atoms with Crippen LogP contribution in [0.1, 0.15) is 24.2 Å². The van der Waals surface area contributed by atoms with E-state index in [0.29, 0.717) is 24.5 Å². The highest BCUT2D eigenvalue weighted by atomic mass is 16.5. The van der Waals surface area contributed by atoms with Crippen LogP contribution in [-0.4, -0.2) is 42.1 Å². The lowest BCUT2D eigenvalue weighted by Crippen LogP contribution is -2.41. The summed E-state index contributed by atoms with van der Waals surface area (Å²) in [7, 11) is 1.62. The van der Waals surface area contributed by atoms with Gasteiger partial charge in [-0.15, -0.1) is 0 Å². The molecule has 0 aliphatic rings. The number of amides is 1. The molecule has 1 heterocycles. The van der Waals surface area contributed by atoms with Gasteiger partial charge < -0.3 is 15.1 Å². The summed E-state index contributed by atoms with van der Waals surface area (Å²) in [4.78, 5) is 18.1. The van der Waals surface area contributed by atoms with Crippen molar-refractivity contribution in [3.05, 3.63) is 23.9 Å². The van der Waals surface area contributed by atoms with Gasteiger partial charge in [0.25, 0.3) is 5.91 Å². The highest BCUT2D eigenvalue weighted by molar-refractivity contribution is 5.95. The molecule has 0 aromatic carbocycles. The van der Waals surface area contributed by atoms with Crippen LogP contribution >= 0.6 is 0 Å². The van der Waals surface area contributed by atoms with Crippen molar-refractivity contribution < 1.29 is 9.53 Å². The quantitative estimate of drug-likeness (QED) is 0.580. The molecule has 0 saturated heterocycles. The van der Waals surface area contributed by atoms with Crippen molar-refractivity contribution in [1.82, 2.24) is 9.88 Å². The van der Waals surface area contributed by atoms with Crippen LogP contribution in [0.25, 0.3) is 0 Å².